The first-order valence-corrected chi connectivity index (χ1v) is 11.6. The predicted molar refractivity (Wildman–Crippen MR) is 108 cm³/mol. The number of rotatable bonds is 6. The first-order chi connectivity index (χ1) is 12.3. The van der Waals surface area contributed by atoms with Gasteiger partial charge in [0.05, 0.1) is 12.7 Å². The molecule has 3 aliphatic rings. The fourth-order valence-corrected chi connectivity index (χ4v) is 5.72. The molecule has 0 radical (unpaired) electrons. The molecule has 0 bridgehead atoms. The number of hydrogen-bond acceptors (Lipinski definition) is 1. The smallest absolute Gasteiger partial charge is 0.0575 e. The minimum atomic E-state index is 0.549. The molecule has 2 aliphatic carbocycles. The van der Waals surface area contributed by atoms with Gasteiger partial charge in [-0.25, -0.2) is 0 Å². The lowest BCUT2D eigenvalue weighted by Gasteiger charge is -2.37. The molecule has 1 heteroatoms. The highest BCUT2D eigenvalue weighted by Gasteiger charge is 2.30. The molecule has 0 spiro atoms. The van der Waals surface area contributed by atoms with E-state index in [1.54, 1.807) is 0 Å². The van der Waals surface area contributed by atoms with Crippen LogP contribution in [0.1, 0.15) is 97.3 Å². The lowest BCUT2D eigenvalue weighted by atomic mass is 9.69. The van der Waals surface area contributed by atoms with E-state index in [-0.39, 0.29) is 0 Å². The molecule has 1 heterocycles. The first kappa shape index (κ1) is 19.5. The zero-order chi connectivity index (χ0) is 17.5. The second-order valence-corrected chi connectivity index (χ2v) is 9.33. The first-order valence-electron chi connectivity index (χ1n) is 11.6. The lowest BCUT2D eigenvalue weighted by molar-refractivity contribution is -0.00854. The Kier molecular flexibility index (Phi) is 7.90. The molecular formula is C24H42O. The molecule has 0 amide bonds. The van der Waals surface area contributed by atoms with Crippen LogP contribution in [0.5, 0.6) is 0 Å². The summed E-state index contributed by atoms with van der Waals surface area (Å²) in [5.74, 6) is 4.71. The van der Waals surface area contributed by atoms with Crippen LogP contribution in [0.15, 0.2) is 12.2 Å². The summed E-state index contributed by atoms with van der Waals surface area (Å²) < 4.78 is 6.03. The van der Waals surface area contributed by atoms with E-state index in [4.69, 9.17) is 4.74 Å². The minimum Gasteiger partial charge on any atom is -0.378 e. The maximum Gasteiger partial charge on any atom is 0.0575 e. The van der Waals surface area contributed by atoms with Crippen molar-refractivity contribution >= 4 is 0 Å². The van der Waals surface area contributed by atoms with Gasteiger partial charge in [-0.1, -0.05) is 51.7 Å². The van der Waals surface area contributed by atoms with Crippen molar-refractivity contribution in [1.29, 1.82) is 0 Å². The third kappa shape index (κ3) is 5.84. The highest BCUT2D eigenvalue weighted by molar-refractivity contribution is 4.96. The van der Waals surface area contributed by atoms with Gasteiger partial charge in [0.2, 0.25) is 0 Å². The Morgan fingerprint density at radius 3 is 1.88 bits per heavy atom. The third-order valence-corrected chi connectivity index (χ3v) is 7.62. The predicted octanol–water partition coefficient (Wildman–Crippen LogP) is 7.16. The average Bonchev–Trinajstić information content (AvgIpc) is 2.68. The molecule has 0 aromatic carbocycles. The van der Waals surface area contributed by atoms with Crippen molar-refractivity contribution in [2.45, 2.75) is 103 Å². The molecule has 0 aromatic heterocycles. The van der Waals surface area contributed by atoms with Crippen molar-refractivity contribution in [1.82, 2.24) is 0 Å². The zero-order valence-corrected chi connectivity index (χ0v) is 16.9. The van der Waals surface area contributed by atoms with E-state index in [1.807, 2.05) is 0 Å². The Hall–Kier alpha value is -0.300. The average molecular weight is 347 g/mol. The summed E-state index contributed by atoms with van der Waals surface area (Å²) in [7, 11) is 0. The van der Waals surface area contributed by atoms with E-state index in [2.05, 4.69) is 26.0 Å². The van der Waals surface area contributed by atoms with E-state index in [1.165, 1.54) is 83.5 Å². The molecule has 1 aliphatic heterocycles. The van der Waals surface area contributed by atoms with Gasteiger partial charge in [0.15, 0.2) is 0 Å². The summed E-state index contributed by atoms with van der Waals surface area (Å²) in [5.41, 5.74) is 0. The van der Waals surface area contributed by atoms with E-state index in [0.29, 0.717) is 12.0 Å². The molecule has 0 N–H and O–H groups in total. The van der Waals surface area contributed by atoms with Gasteiger partial charge in [0.1, 0.15) is 0 Å². The van der Waals surface area contributed by atoms with E-state index < -0.39 is 0 Å². The van der Waals surface area contributed by atoms with Crippen molar-refractivity contribution in [3.05, 3.63) is 12.2 Å². The Bertz CT molecular complexity index is 377. The summed E-state index contributed by atoms with van der Waals surface area (Å²) in [6, 6.07) is 0. The van der Waals surface area contributed by atoms with Crippen molar-refractivity contribution in [3.8, 4) is 0 Å². The van der Waals surface area contributed by atoms with Gasteiger partial charge >= 0.3 is 0 Å². The fourth-order valence-electron chi connectivity index (χ4n) is 5.72. The van der Waals surface area contributed by atoms with E-state index in [9.17, 15) is 0 Å². The largest absolute Gasteiger partial charge is 0.378 e. The monoisotopic (exact) mass is 346 g/mol. The van der Waals surface area contributed by atoms with Gasteiger partial charge in [-0.05, 0) is 81.5 Å². The molecule has 2 saturated carbocycles. The number of hydrogen-bond donors (Lipinski definition) is 0. The molecule has 0 aromatic rings. The molecule has 144 valence electrons. The SMILES string of the molecule is CCCC1CCC(C=CC2CCC(C3CCC(CC)CC3)CC2)CO1. The summed E-state index contributed by atoms with van der Waals surface area (Å²) in [6.07, 6.45) is 24.1. The van der Waals surface area contributed by atoms with Crippen molar-refractivity contribution in [2.24, 2.45) is 29.6 Å². The van der Waals surface area contributed by atoms with Crippen LogP contribution in [0, 0.1) is 29.6 Å². The highest BCUT2D eigenvalue weighted by atomic mass is 16.5. The van der Waals surface area contributed by atoms with Gasteiger partial charge in [0, 0.05) is 5.92 Å². The van der Waals surface area contributed by atoms with Gasteiger partial charge in [-0.15, -0.1) is 0 Å². The fraction of sp³-hybridized carbons (Fsp3) is 0.917. The molecule has 2 unspecified atom stereocenters. The summed E-state index contributed by atoms with van der Waals surface area (Å²) in [5, 5.41) is 0. The molecule has 3 rings (SSSR count). The Morgan fingerprint density at radius 1 is 0.720 bits per heavy atom. The Balaban J connectivity index is 1.34. The topological polar surface area (TPSA) is 9.23 Å². The second-order valence-electron chi connectivity index (χ2n) is 9.33. The molecular weight excluding hydrogens is 304 g/mol. The van der Waals surface area contributed by atoms with Gasteiger partial charge in [-0.3, -0.25) is 0 Å². The molecule has 3 fully saturated rings. The highest BCUT2D eigenvalue weighted by Crippen LogP contribution is 2.42. The summed E-state index contributed by atoms with van der Waals surface area (Å²) in [6.45, 7) is 5.61. The Morgan fingerprint density at radius 2 is 1.32 bits per heavy atom. The van der Waals surface area contributed by atoms with E-state index in [0.717, 1.165) is 30.3 Å². The standard InChI is InChI=1S/C24H42O/c1-3-5-24-17-12-21(18-25-24)7-6-20-10-15-23(16-11-20)22-13-8-19(4-2)9-14-22/h6-7,19-24H,3-5,8-18H2,1-2H3. The minimum absolute atomic E-state index is 0.549. The van der Waals surface area contributed by atoms with Crippen molar-refractivity contribution in [2.75, 3.05) is 6.61 Å². The lowest BCUT2D eigenvalue weighted by Crippen LogP contribution is -2.26. The van der Waals surface area contributed by atoms with Crippen molar-refractivity contribution in [3.63, 3.8) is 0 Å². The summed E-state index contributed by atoms with van der Waals surface area (Å²) in [4.78, 5) is 0. The van der Waals surface area contributed by atoms with Crippen LogP contribution in [-0.2, 0) is 4.74 Å². The molecule has 25 heavy (non-hydrogen) atoms. The number of allylic oxidation sites excluding steroid dienone is 1. The van der Waals surface area contributed by atoms with Crippen LogP contribution in [0.2, 0.25) is 0 Å². The molecule has 2 atom stereocenters. The van der Waals surface area contributed by atoms with Crippen LogP contribution in [0.4, 0.5) is 0 Å². The van der Waals surface area contributed by atoms with Crippen molar-refractivity contribution < 1.29 is 4.74 Å². The Labute approximate surface area is 157 Å². The van der Waals surface area contributed by atoms with Gasteiger partial charge < -0.3 is 4.74 Å². The normalized spacial score (nSPS) is 40.4. The summed E-state index contributed by atoms with van der Waals surface area (Å²) >= 11 is 0. The number of ether oxygens (including phenoxy) is 1. The molecule has 1 nitrogen and oxygen atoms in total. The quantitative estimate of drug-likeness (QED) is 0.463. The van der Waals surface area contributed by atoms with E-state index >= 15 is 0 Å². The molecule has 1 saturated heterocycles. The third-order valence-electron chi connectivity index (χ3n) is 7.62. The maximum absolute atomic E-state index is 6.03. The van der Waals surface area contributed by atoms with Gasteiger partial charge in [-0.2, -0.15) is 0 Å². The van der Waals surface area contributed by atoms with Crippen LogP contribution < -0.4 is 0 Å². The van der Waals surface area contributed by atoms with Gasteiger partial charge in [0.25, 0.3) is 0 Å². The van der Waals surface area contributed by atoms with Crippen LogP contribution in [0.3, 0.4) is 0 Å². The van der Waals surface area contributed by atoms with Crippen LogP contribution >= 0.6 is 0 Å². The van der Waals surface area contributed by atoms with Crippen LogP contribution in [0.25, 0.3) is 0 Å². The zero-order valence-electron chi connectivity index (χ0n) is 16.9. The second kappa shape index (κ2) is 10.1. The van der Waals surface area contributed by atoms with Crippen LogP contribution in [-0.4, -0.2) is 12.7 Å². The maximum atomic E-state index is 6.03.